The third kappa shape index (κ3) is 0.939. The number of nitrogens with one attached hydrogen (secondary N) is 1. The summed E-state index contributed by atoms with van der Waals surface area (Å²) in [6.45, 7) is 0. The van der Waals surface area contributed by atoms with Crippen molar-refractivity contribution < 1.29 is 0 Å². The molecule has 2 aromatic rings. The van der Waals surface area contributed by atoms with Crippen LogP contribution in [0.25, 0.3) is 11.2 Å². The van der Waals surface area contributed by atoms with Gasteiger partial charge in [-0.1, -0.05) is 0 Å². The summed E-state index contributed by atoms with van der Waals surface area (Å²) in [5.74, 6) is 0.252. The molecule has 2 rings (SSSR count). The van der Waals surface area contributed by atoms with Crippen LogP contribution in [0.1, 0.15) is 0 Å². The molecule has 3 N–H and O–H groups in total. The number of hydrogen-bond donors (Lipinski definition) is 2. The maximum absolute atomic E-state index is 5.51. The summed E-state index contributed by atoms with van der Waals surface area (Å²) in [6.07, 6.45) is 0. The zero-order chi connectivity index (χ0) is 8.72. The van der Waals surface area contributed by atoms with Crippen LogP contribution in [0.15, 0.2) is 0 Å². The first-order valence-electron chi connectivity index (χ1n) is 3.21. The van der Waals surface area contributed by atoms with Gasteiger partial charge in [0.1, 0.15) is 5.52 Å². The SMILES string of the molecule is [B]c1nc(N)c2[nH]c([B])nc2n1. The summed E-state index contributed by atoms with van der Waals surface area (Å²) in [5.41, 5.74) is 6.75. The van der Waals surface area contributed by atoms with Gasteiger partial charge in [-0.15, -0.1) is 0 Å². The summed E-state index contributed by atoms with van der Waals surface area (Å²) in [7, 11) is 10.7. The average Bonchev–Trinajstić information content (AvgIpc) is 2.29. The van der Waals surface area contributed by atoms with Crippen LogP contribution < -0.4 is 17.2 Å². The summed E-state index contributed by atoms with van der Waals surface area (Å²) >= 11 is 0. The van der Waals surface area contributed by atoms with Crippen LogP contribution in [0.2, 0.25) is 0 Å². The van der Waals surface area contributed by atoms with Gasteiger partial charge in [-0.05, 0) is 0 Å². The van der Waals surface area contributed by atoms with Crippen molar-refractivity contribution in [2.45, 2.75) is 0 Å². The Balaban J connectivity index is 2.88. The highest BCUT2D eigenvalue weighted by atomic mass is 15.0. The fourth-order valence-electron chi connectivity index (χ4n) is 0.954. The van der Waals surface area contributed by atoms with E-state index >= 15 is 0 Å². The minimum atomic E-state index is 0.0894. The molecule has 7 heteroatoms. The number of nitrogens with two attached hydrogens (primary N) is 1. The predicted molar refractivity (Wildman–Crippen MR) is 46.9 cm³/mol. The minimum absolute atomic E-state index is 0.0894. The van der Waals surface area contributed by atoms with Gasteiger partial charge in [0.15, 0.2) is 27.2 Å². The van der Waals surface area contributed by atoms with E-state index in [0.717, 1.165) is 0 Å². The van der Waals surface area contributed by atoms with Crippen LogP contribution in [-0.4, -0.2) is 35.6 Å². The topological polar surface area (TPSA) is 80.5 Å². The van der Waals surface area contributed by atoms with Gasteiger partial charge in [0, 0.05) is 0 Å². The van der Waals surface area contributed by atoms with Crippen molar-refractivity contribution in [2.75, 3.05) is 5.73 Å². The molecule has 0 aliphatic rings. The number of anilines is 1. The zero-order valence-corrected chi connectivity index (χ0v) is 6.07. The Hall–Kier alpha value is -1.52. The maximum Gasteiger partial charge on any atom is 0.181 e. The first kappa shape index (κ1) is 7.15. The van der Waals surface area contributed by atoms with Crippen LogP contribution in [0.3, 0.4) is 0 Å². The fourth-order valence-corrected chi connectivity index (χ4v) is 0.954. The Morgan fingerprint density at radius 1 is 1.17 bits per heavy atom. The molecule has 0 spiro atoms. The Bertz CT molecular complexity index is 437. The van der Waals surface area contributed by atoms with Crippen molar-refractivity contribution in [1.82, 2.24) is 19.9 Å². The highest BCUT2D eigenvalue weighted by Gasteiger charge is 2.05. The molecule has 0 saturated heterocycles. The van der Waals surface area contributed by atoms with Crippen molar-refractivity contribution in [3.8, 4) is 0 Å². The molecule has 0 fully saturated rings. The molecular formula is C5H3B2N5. The number of nitrogen functional groups attached to an aromatic ring is 1. The second-order valence-electron chi connectivity index (χ2n) is 2.29. The van der Waals surface area contributed by atoms with Crippen LogP contribution in [-0.2, 0) is 0 Å². The first-order valence-corrected chi connectivity index (χ1v) is 3.21. The van der Waals surface area contributed by atoms with E-state index in [1.807, 2.05) is 0 Å². The van der Waals surface area contributed by atoms with E-state index in [4.69, 9.17) is 21.4 Å². The van der Waals surface area contributed by atoms with Crippen LogP contribution >= 0.6 is 0 Å². The van der Waals surface area contributed by atoms with E-state index in [1.54, 1.807) is 0 Å². The molecule has 0 atom stereocenters. The van der Waals surface area contributed by atoms with Gasteiger partial charge in [0.25, 0.3) is 0 Å². The van der Waals surface area contributed by atoms with Gasteiger partial charge >= 0.3 is 0 Å². The third-order valence-electron chi connectivity index (χ3n) is 1.41. The lowest BCUT2D eigenvalue weighted by atomic mass is 10.1. The molecule has 2 heterocycles. The Kier molecular flexibility index (Phi) is 1.33. The van der Waals surface area contributed by atoms with E-state index in [0.29, 0.717) is 11.2 Å². The summed E-state index contributed by atoms with van der Waals surface area (Å²) < 4.78 is 0. The van der Waals surface area contributed by atoms with Crippen molar-refractivity contribution in [3.63, 3.8) is 0 Å². The fraction of sp³-hybridized carbons (Fsp3) is 0. The smallest absolute Gasteiger partial charge is 0.181 e. The molecule has 2 aromatic heterocycles. The highest BCUT2D eigenvalue weighted by Crippen LogP contribution is 2.07. The Labute approximate surface area is 70.6 Å². The molecule has 0 aliphatic heterocycles. The second kappa shape index (κ2) is 2.23. The lowest BCUT2D eigenvalue weighted by Crippen LogP contribution is -2.15. The Morgan fingerprint density at radius 2 is 1.92 bits per heavy atom. The number of hydrogen-bond acceptors (Lipinski definition) is 4. The molecule has 0 bridgehead atoms. The van der Waals surface area contributed by atoms with Crippen molar-refractivity contribution in [1.29, 1.82) is 0 Å². The normalized spacial score (nSPS) is 10.7. The number of aromatic amines is 1. The number of fused-ring (bicyclic) bond motifs is 1. The van der Waals surface area contributed by atoms with Crippen LogP contribution in [0.4, 0.5) is 5.82 Å². The zero-order valence-electron chi connectivity index (χ0n) is 6.07. The molecule has 0 saturated carbocycles. The molecule has 5 nitrogen and oxygen atoms in total. The molecule has 0 amide bonds. The first-order chi connectivity index (χ1) is 5.66. The van der Waals surface area contributed by atoms with Crippen molar-refractivity contribution >= 4 is 44.1 Å². The number of H-pyrrole nitrogens is 1. The minimum Gasteiger partial charge on any atom is -0.382 e. The van der Waals surface area contributed by atoms with E-state index in [1.165, 1.54) is 0 Å². The second-order valence-corrected chi connectivity index (χ2v) is 2.29. The molecule has 0 aliphatic carbocycles. The number of imidazole rings is 1. The molecule has 12 heavy (non-hydrogen) atoms. The van der Waals surface area contributed by atoms with E-state index in [2.05, 4.69) is 19.9 Å². The Morgan fingerprint density at radius 3 is 2.67 bits per heavy atom. The van der Waals surface area contributed by atoms with Crippen LogP contribution in [0, 0.1) is 0 Å². The maximum atomic E-state index is 5.51. The van der Waals surface area contributed by atoms with Gasteiger partial charge in [-0.3, -0.25) is 0 Å². The predicted octanol–water partition coefficient (Wildman–Crippen LogP) is -2.48. The highest BCUT2D eigenvalue weighted by molar-refractivity contribution is 6.31. The van der Waals surface area contributed by atoms with E-state index < -0.39 is 0 Å². The lowest BCUT2D eigenvalue weighted by molar-refractivity contribution is 1.28. The molecule has 0 aromatic carbocycles. The number of rotatable bonds is 0. The van der Waals surface area contributed by atoms with E-state index in [9.17, 15) is 0 Å². The number of aromatic nitrogens is 4. The van der Waals surface area contributed by atoms with E-state index in [-0.39, 0.29) is 17.3 Å². The van der Waals surface area contributed by atoms with Gasteiger partial charge in [0.2, 0.25) is 0 Å². The van der Waals surface area contributed by atoms with Crippen molar-refractivity contribution in [3.05, 3.63) is 0 Å². The average molecular weight is 155 g/mol. The van der Waals surface area contributed by atoms with Gasteiger partial charge < -0.3 is 10.7 Å². The van der Waals surface area contributed by atoms with Gasteiger partial charge in [0.05, 0.1) is 11.4 Å². The quantitative estimate of drug-likeness (QED) is 0.412. The van der Waals surface area contributed by atoms with Crippen molar-refractivity contribution in [2.24, 2.45) is 0 Å². The molecular weight excluding hydrogens is 152 g/mol. The molecule has 54 valence electrons. The molecule has 0 unspecified atom stereocenters. The van der Waals surface area contributed by atoms with Gasteiger partial charge in [-0.2, -0.15) is 0 Å². The largest absolute Gasteiger partial charge is 0.382 e. The summed E-state index contributed by atoms with van der Waals surface area (Å²) in [4.78, 5) is 14.1. The summed E-state index contributed by atoms with van der Waals surface area (Å²) in [6, 6.07) is 0. The third-order valence-corrected chi connectivity index (χ3v) is 1.41. The summed E-state index contributed by atoms with van der Waals surface area (Å²) in [5, 5.41) is 0. The standard InChI is InChI=1S/C5H3B2N5/c6-4-9-1-2(8)10-5(7)12-3(1)11-4/h(H3,8,9,10,11,12). The number of nitrogens with zero attached hydrogens (tertiary/aromatic N) is 3. The van der Waals surface area contributed by atoms with Crippen LogP contribution in [0.5, 0.6) is 0 Å². The van der Waals surface area contributed by atoms with Gasteiger partial charge in [-0.25, -0.2) is 15.0 Å². The lowest BCUT2D eigenvalue weighted by Gasteiger charge is -1.95. The molecule has 4 radical (unpaired) electrons. The monoisotopic (exact) mass is 155 g/mol.